The zero-order valence-corrected chi connectivity index (χ0v) is 12.1. The van der Waals surface area contributed by atoms with E-state index in [1.807, 2.05) is 6.07 Å². The average Bonchev–Trinajstić information content (AvgIpc) is 2.75. The Labute approximate surface area is 113 Å². The number of rotatable bonds is 3. The third-order valence-corrected chi connectivity index (χ3v) is 5.20. The highest BCUT2D eigenvalue weighted by atomic mass is 35.5. The predicted molar refractivity (Wildman–Crippen MR) is 75.7 cm³/mol. The number of hydrogen-bond donors (Lipinski definition) is 1. The lowest BCUT2D eigenvalue weighted by Crippen LogP contribution is -2.47. The van der Waals surface area contributed by atoms with Gasteiger partial charge in [0.05, 0.1) is 4.34 Å². The van der Waals surface area contributed by atoms with E-state index < -0.39 is 0 Å². The second kappa shape index (κ2) is 5.70. The van der Waals surface area contributed by atoms with Gasteiger partial charge in [-0.05, 0) is 44.4 Å². The molecule has 2 nitrogen and oxygen atoms in total. The highest BCUT2D eigenvalue weighted by Gasteiger charge is 2.29. The van der Waals surface area contributed by atoms with Gasteiger partial charge in [-0.25, -0.2) is 0 Å². The topological polar surface area (TPSA) is 29.3 Å². The van der Waals surface area contributed by atoms with Crippen molar-refractivity contribution in [1.82, 2.24) is 4.90 Å². The number of thiophene rings is 1. The molecule has 0 radical (unpaired) electrons. The standard InChI is InChI=1S/C13H21ClN2S/c1-9-5-6-16(11(7-9)8-15)10(2)12-3-4-13(14)17-12/h3-4,9-11H,5-8,15H2,1-2H3. The summed E-state index contributed by atoms with van der Waals surface area (Å²) in [6, 6.07) is 5.09. The summed E-state index contributed by atoms with van der Waals surface area (Å²) in [4.78, 5) is 3.89. The first-order valence-corrected chi connectivity index (χ1v) is 7.52. The molecule has 1 saturated heterocycles. The minimum absolute atomic E-state index is 0.438. The van der Waals surface area contributed by atoms with Crippen molar-refractivity contribution in [3.8, 4) is 0 Å². The highest BCUT2D eigenvalue weighted by molar-refractivity contribution is 7.16. The van der Waals surface area contributed by atoms with Crippen LogP contribution in [-0.2, 0) is 0 Å². The van der Waals surface area contributed by atoms with Gasteiger partial charge in [0.2, 0.25) is 0 Å². The van der Waals surface area contributed by atoms with E-state index in [4.69, 9.17) is 17.3 Å². The van der Waals surface area contributed by atoms with E-state index in [-0.39, 0.29) is 0 Å². The van der Waals surface area contributed by atoms with Crippen molar-refractivity contribution in [2.45, 2.75) is 38.8 Å². The van der Waals surface area contributed by atoms with E-state index in [0.717, 1.165) is 23.3 Å². The van der Waals surface area contributed by atoms with Gasteiger partial charge in [-0.1, -0.05) is 18.5 Å². The molecule has 0 amide bonds. The largest absolute Gasteiger partial charge is 0.329 e. The summed E-state index contributed by atoms with van der Waals surface area (Å²) in [6.07, 6.45) is 2.50. The molecule has 0 aromatic carbocycles. The molecule has 1 fully saturated rings. The van der Waals surface area contributed by atoms with Crippen LogP contribution in [0.3, 0.4) is 0 Å². The summed E-state index contributed by atoms with van der Waals surface area (Å²) < 4.78 is 0.876. The third kappa shape index (κ3) is 3.02. The fraction of sp³-hybridized carbons (Fsp3) is 0.692. The van der Waals surface area contributed by atoms with E-state index in [2.05, 4.69) is 24.8 Å². The molecule has 0 spiro atoms. The molecule has 0 bridgehead atoms. The molecule has 0 aliphatic carbocycles. The molecule has 2 N–H and O–H groups in total. The number of piperidine rings is 1. The van der Waals surface area contributed by atoms with Crippen LogP contribution in [0.5, 0.6) is 0 Å². The third-order valence-electron chi connectivity index (χ3n) is 3.80. The van der Waals surface area contributed by atoms with E-state index in [1.54, 1.807) is 11.3 Å². The molecule has 1 aromatic heterocycles. The van der Waals surface area contributed by atoms with Crippen molar-refractivity contribution >= 4 is 22.9 Å². The molecule has 1 aromatic rings. The molecule has 2 heterocycles. The van der Waals surface area contributed by atoms with Gasteiger partial charge in [0.1, 0.15) is 0 Å². The number of halogens is 1. The SMILES string of the molecule is CC1CCN(C(C)c2ccc(Cl)s2)C(CN)C1. The fourth-order valence-corrected chi connectivity index (χ4v) is 3.86. The van der Waals surface area contributed by atoms with Crippen molar-refractivity contribution in [1.29, 1.82) is 0 Å². The van der Waals surface area contributed by atoms with Crippen molar-refractivity contribution < 1.29 is 0 Å². The Bertz CT molecular complexity index is 366. The van der Waals surface area contributed by atoms with Crippen molar-refractivity contribution in [3.63, 3.8) is 0 Å². The minimum atomic E-state index is 0.438. The van der Waals surface area contributed by atoms with Crippen molar-refractivity contribution in [2.75, 3.05) is 13.1 Å². The zero-order chi connectivity index (χ0) is 12.4. The maximum Gasteiger partial charge on any atom is 0.0931 e. The van der Waals surface area contributed by atoms with E-state index in [0.29, 0.717) is 12.1 Å². The van der Waals surface area contributed by atoms with Gasteiger partial charge in [-0.3, -0.25) is 4.90 Å². The Hall–Kier alpha value is -0.0900. The van der Waals surface area contributed by atoms with Gasteiger partial charge < -0.3 is 5.73 Å². The molecule has 3 unspecified atom stereocenters. The average molecular weight is 273 g/mol. The highest BCUT2D eigenvalue weighted by Crippen LogP contribution is 2.34. The summed E-state index contributed by atoms with van der Waals surface area (Å²) in [6.45, 7) is 6.50. The normalized spacial score (nSPS) is 28.2. The Morgan fingerprint density at radius 2 is 2.35 bits per heavy atom. The minimum Gasteiger partial charge on any atom is -0.329 e. The molecule has 2 rings (SSSR count). The lowest BCUT2D eigenvalue weighted by Gasteiger charge is -2.41. The first kappa shape index (κ1) is 13.3. The second-order valence-electron chi connectivity index (χ2n) is 5.07. The molecule has 17 heavy (non-hydrogen) atoms. The summed E-state index contributed by atoms with van der Waals surface area (Å²) in [7, 11) is 0. The van der Waals surface area contributed by atoms with E-state index >= 15 is 0 Å². The Morgan fingerprint density at radius 3 is 2.94 bits per heavy atom. The van der Waals surface area contributed by atoms with Crippen molar-refractivity contribution in [2.24, 2.45) is 11.7 Å². The summed E-state index contributed by atoms with van der Waals surface area (Å²) in [5.74, 6) is 0.805. The molecule has 1 aliphatic rings. The Morgan fingerprint density at radius 1 is 1.59 bits per heavy atom. The number of likely N-dealkylation sites (tertiary alicyclic amines) is 1. The summed E-state index contributed by atoms with van der Waals surface area (Å²) in [5, 5.41) is 0. The van der Waals surface area contributed by atoms with Crippen LogP contribution in [0.1, 0.15) is 37.6 Å². The lowest BCUT2D eigenvalue weighted by molar-refractivity contribution is 0.0849. The zero-order valence-electron chi connectivity index (χ0n) is 10.5. The number of nitrogens with zero attached hydrogens (tertiary/aromatic N) is 1. The molecule has 4 heteroatoms. The van der Waals surface area contributed by atoms with E-state index in [1.165, 1.54) is 17.7 Å². The predicted octanol–water partition coefficient (Wildman–Crippen LogP) is 3.52. The van der Waals surface area contributed by atoms with Crippen LogP contribution in [0.25, 0.3) is 0 Å². The fourth-order valence-electron chi connectivity index (χ4n) is 2.73. The van der Waals surface area contributed by atoms with Gasteiger partial charge in [0, 0.05) is 23.5 Å². The van der Waals surface area contributed by atoms with Gasteiger partial charge in [-0.2, -0.15) is 0 Å². The van der Waals surface area contributed by atoms with Gasteiger partial charge in [0.25, 0.3) is 0 Å². The summed E-state index contributed by atoms with van der Waals surface area (Å²) in [5.41, 5.74) is 5.91. The maximum atomic E-state index is 6.01. The van der Waals surface area contributed by atoms with Crippen LogP contribution in [0, 0.1) is 5.92 Å². The van der Waals surface area contributed by atoms with Crippen LogP contribution >= 0.6 is 22.9 Å². The monoisotopic (exact) mass is 272 g/mol. The van der Waals surface area contributed by atoms with Crippen LogP contribution in [0.15, 0.2) is 12.1 Å². The molecule has 96 valence electrons. The van der Waals surface area contributed by atoms with Gasteiger partial charge in [0.15, 0.2) is 0 Å². The van der Waals surface area contributed by atoms with E-state index in [9.17, 15) is 0 Å². The van der Waals surface area contributed by atoms with Crippen LogP contribution in [0.4, 0.5) is 0 Å². The van der Waals surface area contributed by atoms with Gasteiger partial charge in [-0.15, -0.1) is 11.3 Å². The van der Waals surface area contributed by atoms with Crippen LogP contribution in [-0.4, -0.2) is 24.0 Å². The van der Waals surface area contributed by atoms with Crippen molar-refractivity contribution in [3.05, 3.63) is 21.3 Å². The van der Waals surface area contributed by atoms with Crippen LogP contribution in [0.2, 0.25) is 4.34 Å². The molecule has 1 aliphatic heterocycles. The summed E-state index contributed by atoms with van der Waals surface area (Å²) >= 11 is 7.70. The second-order valence-corrected chi connectivity index (χ2v) is 6.82. The number of nitrogens with two attached hydrogens (primary N) is 1. The molecule has 0 saturated carbocycles. The maximum absolute atomic E-state index is 6.01. The number of hydrogen-bond acceptors (Lipinski definition) is 3. The first-order chi connectivity index (χ1) is 8.11. The molecular formula is C13H21ClN2S. The molecular weight excluding hydrogens is 252 g/mol. The smallest absolute Gasteiger partial charge is 0.0931 e. The molecule has 3 atom stereocenters. The Kier molecular flexibility index (Phi) is 4.47. The van der Waals surface area contributed by atoms with Gasteiger partial charge >= 0.3 is 0 Å². The Balaban J connectivity index is 2.09. The quantitative estimate of drug-likeness (QED) is 0.912. The van der Waals surface area contributed by atoms with Crippen LogP contribution < -0.4 is 5.73 Å². The lowest BCUT2D eigenvalue weighted by atomic mass is 9.91. The first-order valence-electron chi connectivity index (χ1n) is 6.33.